The minimum Gasteiger partial charge on any atom is -0.460 e. The second-order valence-corrected chi connectivity index (χ2v) is 14.7. The normalized spacial score (nSPS) is 18.7. The monoisotopic (exact) mass is 695 g/mol. The van der Waals surface area contributed by atoms with Crippen LogP contribution < -0.4 is 4.90 Å². The van der Waals surface area contributed by atoms with Crippen LogP contribution in [0.5, 0.6) is 0 Å². The zero-order chi connectivity index (χ0) is 36.1. The predicted octanol–water partition coefficient (Wildman–Crippen LogP) is 13.9. The number of nitrogens with zero attached hydrogens (tertiary/aromatic N) is 1. The lowest BCUT2D eigenvalue weighted by atomic mass is 9.64. The van der Waals surface area contributed by atoms with Gasteiger partial charge in [-0.3, -0.25) is 0 Å². The molecule has 0 aliphatic heterocycles. The van der Waals surface area contributed by atoms with E-state index in [1.807, 2.05) is 0 Å². The maximum atomic E-state index is 6.61. The van der Waals surface area contributed by atoms with E-state index < -0.39 is 5.41 Å². The summed E-state index contributed by atoms with van der Waals surface area (Å²) < 4.78 is 6.61. The summed E-state index contributed by atoms with van der Waals surface area (Å²) in [5, 5.41) is 1.15. The minimum atomic E-state index is -0.530. The lowest BCUT2D eigenvalue weighted by Crippen LogP contribution is -2.31. The fourth-order valence-corrected chi connectivity index (χ4v) is 9.41. The molecule has 1 spiro atoms. The zero-order valence-corrected chi connectivity index (χ0v) is 30.3. The van der Waals surface area contributed by atoms with Crippen molar-refractivity contribution < 1.29 is 4.42 Å². The Balaban J connectivity index is 1.23. The molecule has 260 valence electrons. The van der Waals surface area contributed by atoms with E-state index in [1.54, 1.807) is 0 Å². The molecule has 1 atom stereocenters. The van der Waals surface area contributed by atoms with Gasteiger partial charge in [-0.2, -0.15) is 0 Å². The molecule has 0 fully saturated rings. The molecule has 3 aliphatic rings. The highest BCUT2D eigenvalue weighted by Crippen LogP contribution is 2.61. The van der Waals surface area contributed by atoms with E-state index in [2.05, 4.69) is 181 Å². The fraction of sp³-hybridized carbons (Fsp3) is 0.115. The molecule has 0 bridgehead atoms. The molecule has 0 radical (unpaired) electrons. The highest BCUT2D eigenvalue weighted by Gasteiger charge is 2.49. The van der Waals surface area contributed by atoms with Gasteiger partial charge in [0.15, 0.2) is 0 Å². The summed E-state index contributed by atoms with van der Waals surface area (Å²) in [5.41, 5.74) is 16.6. The van der Waals surface area contributed by atoms with E-state index in [1.165, 1.54) is 50.2 Å². The van der Waals surface area contributed by atoms with Gasteiger partial charge in [-0.15, -0.1) is 0 Å². The molecule has 0 saturated heterocycles. The molecule has 6 aromatic carbocycles. The first kappa shape index (κ1) is 32.3. The third-order valence-electron chi connectivity index (χ3n) is 11.8. The largest absolute Gasteiger partial charge is 0.460 e. The van der Waals surface area contributed by atoms with Crippen molar-refractivity contribution in [3.63, 3.8) is 0 Å². The Morgan fingerprint density at radius 1 is 0.611 bits per heavy atom. The molecule has 1 heterocycles. The number of para-hydroxylation sites is 2. The van der Waals surface area contributed by atoms with Crippen LogP contribution in [0.4, 0.5) is 17.1 Å². The van der Waals surface area contributed by atoms with Crippen LogP contribution in [0, 0.1) is 0 Å². The Morgan fingerprint density at radius 2 is 1.31 bits per heavy atom. The number of hydrogen-bond acceptors (Lipinski definition) is 2. The summed E-state index contributed by atoms with van der Waals surface area (Å²) in [4.78, 5) is 2.46. The Hall–Kier alpha value is -6.38. The quantitative estimate of drug-likeness (QED) is 0.170. The van der Waals surface area contributed by atoms with Crippen LogP contribution in [0.15, 0.2) is 192 Å². The molecule has 0 saturated carbocycles. The van der Waals surface area contributed by atoms with Gasteiger partial charge >= 0.3 is 0 Å². The van der Waals surface area contributed by atoms with Crippen molar-refractivity contribution in [2.45, 2.75) is 37.5 Å². The number of furan rings is 1. The summed E-state index contributed by atoms with van der Waals surface area (Å²) in [6.07, 6.45) is 14.1. The highest BCUT2D eigenvalue weighted by molar-refractivity contribution is 5.97. The van der Waals surface area contributed by atoms with Gasteiger partial charge in [0.25, 0.3) is 0 Å². The van der Waals surface area contributed by atoms with Crippen molar-refractivity contribution in [1.29, 1.82) is 0 Å². The highest BCUT2D eigenvalue weighted by atomic mass is 16.3. The first-order chi connectivity index (χ1) is 26.7. The Kier molecular flexibility index (Phi) is 7.91. The van der Waals surface area contributed by atoms with Crippen LogP contribution >= 0.6 is 0 Å². The van der Waals surface area contributed by atoms with Gasteiger partial charge in [-0.1, -0.05) is 146 Å². The molecule has 2 nitrogen and oxygen atoms in total. The van der Waals surface area contributed by atoms with E-state index in [4.69, 9.17) is 11.0 Å². The van der Waals surface area contributed by atoms with Gasteiger partial charge in [-0.25, -0.2) is 0 Å². The Labute approximate surface area is 317 Å². The standard InChI is InChI=1S/C52H41NO/c1-36-29-34-43-42-22-13-15-28-49(42)54-50(43)35-39-19-12-14-24-45(39)52(36)46-25-11-3-2-10-23-44(46)51-47(52)26-16-27-48(51)53(40-20-8-5-9-21-40)41-32-30-38(31-33-41)37-17-6-4-7-18-37/h2,4-10,12-22,24,26-34H,1,3,11,23,25,35H2/b10-2-,34-29-. The van der Waals surface area contributed by atoms with Gasteiger partial charge in [0, 0.05) is 34.3 Å². The molecule has 3 aliphatic carbocycles. The van der Waals surface area contributed by atoms with Crippen LogP contribution in [0.3, 0.4) is 0 Å². The molecule has 54 heavy (non-hydrogen) atoms. The number of anilines is 3. The second kappa shape index (κ2) is 13.2. The van der Waals surface area contributed by atoms with Gasteiger partial charge in [0.05, 0.1) is 11.1 Å². The topological polar surface area (TPSA) is 16.4 Å². The van der Waals surface area contributed by atoms with Crippen molar-refractivity contribution in [3.8, 4) is 11.1 Å². The number of hydrogen-bond donors (Lipinski definition) is 0. The summed E-state index contributed by atoms with van der Waals surface area (Å²) in [6.45, 7) is 5.02. The summed E-state index contributed by atoms with van der Waals surface area (Å²) in [5.74, 6) is 1.00. The van der Waals surface area contributed by atoms with E-state index in [9.17, 15) is 0 Å². The van der Waals surface area contributed by atoms with Crippen molar-refractivity contribution in [2.75, 3.05) is 4.90 Å². The SMILES string of the molecule is C=C1/C=C\c2c(oc3ccccc23)Cc2ccccc2C12C1=C(C/C=C\CCC1)c1c(N(c3ccccc3)c3ccc(-c4ccccc4)cc3)cccc12. The molecule has 1 unspecified atom stereocenters. The smallest absolute Gasteiger partial charge is 0.134 e. The molecule has 7 aromatic rings. The van der Waals surface area contributed by atoms with Crippen molar-refractivity contribution in [1.82, 2.24) is 0 Å². The minimum absolute atomic E-state index is 0.530. The molecular formula is C52H41NO. The maximum Gasteiger partial charge on any atom is 0.134 e. The number of rotatable bonds is 4. The summed E-state index contributed by atoms with van der Waals surface area (Å²) in [6, 6.07) is 55.0. The molecule has 10 rings (SSSR count). The average Bonchev–Trinajstić information content (AvgIpc) is 3.71. The Bertz CT molecular complexity index is 2640. The first-order valence-corrected chi connectivity index (χ1v) is 19.2. The first-order valence-electron chi connectivity index (χ1n) is 19.2. The van der Waals surface area contributed by atoms with Gasteiger partial charge in [0.2, 0.25) is 0 Å². The van der Waals surface area contributed by atoms with E-state index in [0.717, 1.165) is 64.9 Å². The molecule has 0 N–H and O–H groups in total. The fourth-order valence-electron chi connectivity index (χ4n) is 9.41. The van der Waals surface area contributed by atoms with Gasteiger partial charge in [-0.05, 0) is 107 Å². The number of fused-ring (bicyclic) bond motifs is 9. The van der Waals surface area contributed by atoms with Crippen molar-refractivity contribution in [3.05, 3.63) is 221 Å². The lowest BCUT2D eigenvalue weighted by molar-refractivity contribution is 0.559. The number of benzene rings is 6. The average molecular weight is 696 g/mol. The number of allylic oxidation sites excluding steroid dienone is 6. The zero-order valence-electron chi connectivity index (χ0n) is 30.3. The van der Waals surface area contributed by atoms with Crippen LogP contribution in [-0.2, 0) is 11.8 Å². The van der Waals surface area contributed by atoms with Crippen molar-refractivity contribution in [2.24, 2.45) is 0 Å². The molecular weight excluding hydrogens is 655 g/mol. The molecule has 1 aromatic heterocycles. The van der Waals surface area contributed by atoms with Crippen molar-refractivity contribution >= 4 is 39.7 Å². The van der Waals surface area contributed by atoms with Gasteiger partial charge < -0.3 is 9.32 Å². The van der Waals surface area contributed by atoms with Gasteiger partial charge in [0.1, 0.15) is 11.3 Å². The molecule has 2 heteroatoms. The second-order valence-electron chi connectivity index (χ2n) is 14.7. The van der Waals surface area contributed by atoms with Crippen LogP contribution in [0.2, 0.25) is 0 Å². The van der Waals surface area contributed by atoms with E-state index in [0.29, 0.717) is 6.42 Å². The third kappa shape index (κ3) is 5.09. The summed E-state index contributed by atoms with van der Waals surface area (Å²) in [7, 11) is 0. The van der Waals surface area contributed by atoms with Crippen LogP contribution in [-0.4, -0.2) is 0 Å². The third-order valence-corrected chi connectivity index (χ3v) is 11.8. The maximum absolute atomic E-state index is 6.61. The molecule has 0 amide bonds. The van der Waals surface area contributed by atoms with Crippen LogP contribution in [0.25, 0.3) is 33.7 Å². The summed E-state index contributed by atoms with van der Waals surface area (Å²) >= 11 is 0. The van der Waals surface area contributed by atoms with Crippen LogP contribution in [0.1, 0.15) is 59.3 Å². The predicted molar refractivity (Wildman–Crippen MR) is 226 cm³/mol. The lowest BCUT2D eigenvalue weighted by Gasteiger charge is -2.38. The van der Waals surface area contributed by atoms with E-state index in [-0.39, 0.29) is 0 Å². The van der Waals surface area contributed by atoms with E-state index >= 15 is 0 Å². The Morgan fingerprint density at radius 3 is 2.17 bits per heavy atom.